The van der Waals surface area contributed by atoms with Crippen LogP contribution in [0.4, 0.5) is 4.39 Å². The van der Waals surface area contributed by atoms with Crippen molar-refractivity contribution in [3.63, 3.8) is 0 Å². The van der Waals surface area contributed by atoms with Crippen LogP contribution in [0.5, 0.6) is 5.75 Å². The number of hydrogen-bond donors (Lipinski definition) is 1. The molecule has 7 heteroatoms. The van der Waals surface area contributed by atoms with Gasteiger partial charge in [-0.1, -0.05) is 18.2 Å². The number of fused-ring (bicyclic) bond motifs is 1. The topological polar surface area (TPSA) is 67.6 Å². The molecule has 6 nitrogen and oxygen atoms in total. The molecule has 1 amide bonds. The number of nitrogens with zero attached hydrogens (tertiary/aromatic N) is 3. The molecule has 3 heterocycles. The first-order valence-electron chi connectivity index (χ1n) is 11.9. The van der Waals surface area contributed by atoms with Crippen molar-refractivity contribution < 1.29 is 19.0 Å². The molecule has 182 valence electrons. The van der Waals surface area contributed by atoms with Crippen LogP contribution >= 0.6 is 0 Å². The summed E-state index contributed by atoms with van der Waals surface area (Å²) in [5.74, 6) is 0.345. The lowest BCUT2D eigenvalue weighted by Gasteiger charge is -2.50. The van der Waals surface area contributed by atoms with Crippen LogP contribution in [0.15, 0.2) is 60.6 Å². The molecule has 2 aromatic carbocycles. The Labute approximate surface area is 204 Å². The van der Waals surface area contributed by atoms with Crippen LogP contribution in [0, 0.1) is 12.7 Å². The lowest BCUT2D eigenvalue weighted by molar-refractivity contribution is -0.144. The SMILES string of the molecule is COc1cc(/C=C2/CC[C@H]3CC(C)(O)CC(c4ccc(F)cc4)N3C2=O)ccc1-n1cnc(C)c1. The van der Waals surface area contributed by atoms with Crippen LogP contribution in [-0.2, 0) is 4.79 Å². The number of benzene rings is 2. The Hall–Kier alpha value is -3.45. The van der Waals surface area contributed by atoms with E-state index in [1.165, 1.54) is 12.1 Å². The van der Waals surface area contributed by atoms with E-state index >= 15 is 0 Å². The van der Waals surface area contributed by atoms with Crippen molar-refractivity contribution in [3.05, 3.63) is 83.2 Å². The molecule has 0 aliphatic carbocycles. The Morgan fingerprint density at radius 2 is 1.97 bits per heavy atom. The zero-order valence-corrected chi connectivity index (χ0v) is 20.2. The number of halogens is 1. The van der Waals surface area contributed by atoms with Gasteiger partial charge in [-0.2, -0.15) is 0 Å². The first-order valence-corrected chi connectivity index (χ1v) is 11.9. The minimum absolute atomic E-state index is 0.0284. The second-order valence-electron chi connectivity index (χ2n) is 9.90. The third-order valence-corrected chi connectivity index (χ3v) is 7.08. The van der Waals surface area contributed by atoms with E-state index in [1.54, 1.807) is 25.6 Å². The average molecular weight is 476 g/mol. The van der Waals surface area contributed by atoms with Gasteiger partial charge in [0.2, 0.25) is 0 Å². The molecule has 1 aromatic heterocycles. The molecule has 2 saturated heterocycles. The van der Waals surface area contributed by atoms with Gasteiger partial charge in [0.05, 0.1) is 36.5 Å². The molecular formula is C28H30FN3O3. The highest BCUT2D eigenvalue weighted by molar-refractivity contribution is 5.99. The summed E-state index contributed by atoms with van der Waals surface area (Å²) in [6.07, 6.45) is 7.97. The normalized spacial score (nSPS) is 25.6. The lowest BCUT2D eigenvalue weighted by Crippen LogP contribution is -2.55. The van der Waals surface area contributed by atoms with Gasteiger partial charge in [0.15, 0.2) is 0 Å². The predicted molar refractivity (Wildman–Crippen MR) is 132 cm³/mol. The number of carbonyl (C=O) groups is 1. The summed E-state index contributed by atoms with van der Waals surface area (Å²) in [7, 11) is 1.63. The Balaban J connectivity index is 1.47. The molecule has 0 radical (unpaired) electrons. The number of piperidine rings is 2. The number of amides is 1. The van der Waals surface area contributed by atoms with Crippen molar-refractivity contribution in [3.8, 4) is 11.4 Å². The van der Waals surface area contributed by atoms with E-state index in [4.69, 9.17) is 4.74 Å². The number of aromatic nitrogens is 2. The van der Waals surface area contributed by atoms with Gasteiger partial charge in [-0.25, -0.2) is 9.37 Å². The first-order chi connectivity index (χ1) is 16.7. The van der Waals surface area contributed by atoms with Gasteiger partial charge in [-0.3, -0.25) is 4.79 Å². The van der Waals surface area contributed by atoms with Crippen molar-refractivity contribution in [2.75, 3.05) is 7.11 Å². The van der Waals surface area contributed by atoms with Gasteiger partial charge in [0.25, 0.3) is 5.91 Å². The number of aliphatic hydroxyl groups is 1. The quantitative estimate of drug-likeness (QED) is 0.540. The lowest BCUT2D eigenvalue weighted by atomic mass is 9.77. The maximum atomic E-state index is 13.7. The fraction of sp³-hybridized carbons (Fsp3) is 0.357. The molecule has 0 bridgehead atoms. The standard InChI is InChI=1S/C28H30FN3O3/c1-18-16-31(17-30-18)24-11-4-19(13-26(24)35-3)12-21-7-10-23-14-28(2,34)15-25(32(23)27(21)33)20-5-8-22(29)9-6-20/h4-6,8-9,11-13,16-17,23,25,34H,7,10,14-15H2,1-3H3/b21-12-/t23-,25?,28?/m0/s1. The summed E-state index contributed by atoms with van der Waals surface area (Å²) in [5.41, 5.74) is 3.36. The fourth-order valence-corrected chi connectivity index (χ4v) is 5.45. The summed E-state index contributed by atoms with van der Waals surface area (Å²) >= 11 is 0. The number of methoxy groups -OCH3 is 1. The van der Waals surface area contributed by atoms with Crippen LogP contribution in [0.2, 0.25) is 0 Å². The monoisotopic (exact) mass is 475 g/mol. The van der Waals surface area contributed by atoms with Crippen molar-refractivity contribution in [1.82, 2.24) is 14.5 Å². The Morgan fingerprint density at radius 3 is 2.66 bits per heavy atom. The molecule has 2 unspecified atom stereocenters. The second-order valence-corrected chi connectivity index (χ2v) is 9.90. The maximum absolute atomic E-state index is 13.7. The Bertz CT molecular complexity index is 1280. The summed E-state index contributed by atoms with van der Waals surface area (Å²) < 4.78 is 21.1. The Morgan fingerprint density at radius 1 is 1.20 bits per heavy atom. The molecule has 2 fully saturated rings. The number of ether oxygens (including phenoxy) is 1. The van der Waals surface area contributed by atoms with Crippen LogP contribution in [-0.4, -0.2) is 44.2 Å². The zero-order chi connectivity index (χ0) is 24.7. The molecule has 2 aliphatic heterocycles. The van der Waals surface area contributed by atoms with E-state index in [9.17, 15) is 14.3 Å². The summed E-state index contributed by atoms with van der Waals surface area (Å²) in [6.45, 7) is 3.76. The molecule has 3 atom stereocenters. The number of carbonyl (C=O) groups excluding carboxylic acids is 1. The van der Waals surface area contributed by atoms with Crippen molar-refractivity contribution in [2.45, 2.75) is 57.2 Å². The third kappa shape index (κ3) is 4.60. The van der Waals surface area contributed by atoms with Gasteiger partial charge in [0, 0.05) is 24.2 Å². The van der Waals surface area contributed by atoms with E-state index in [-0.39, 0.29) is 23.8 Å². The van der Waals surface area contributed by atoms with E-state index in [0.29, 0.717) is 25.0 Å². The highest BCUT2D eigenvalue weighted by Gasteiger charge is 2.46. The number of imidazole rings is 1. The molecule has 0 spiro atoms. The van der Waals surface area contributed by atoms with E-state index in [0.717, 1.165) is 34.5 Å². The fourth-order valence-electron chi connectivity index (χ4n) is 5.45. The zero-order valence-electron chi connectivity index (χ0n) is 20.2. The molecule has 3 aromatic rings. The van der Waals surface area contributed by atoms with Crippen LogP contribution in [0.3, 0.4) is 0 Å². The summed E-state index contributed by atoms with van der Waals surface area (Å²) in [5, 5.41) is 10.9. The largest absolute Gasteiger partial charge is 0.495 e. The Kier molecular flexibility index (Phi) is 5.97. The first kappa shape index (κ1) is 23.3. The average Bonchev–Trinajstić information content (AvgIpc) is 3.26. The second kappa shape index (κ2) is 8.96. The van der Waals surface area contributed by atoms with E-state index in [1.807, 2.05) is 53.8 Å². The van der Waals surface area contributed by atoms with Crippen LogP contribution in [0.1, 0.15) is 55.5 Å². The molecular weight excluding hydrogens is 445 g/mol. The van der Waals surface area contributed by atoms with E-state index < -0.39 is 5.60 Å². The summed E-state index contributed by atoms with van der Waals surface area (Å²) in [6, 6.07) is 11.7. The molecule has 5 rings (SSSR count). The number of aryl methyl sites for hydroxylation is 1. The van der Waals surface area contributed by atoms with Crippen molar-refractivity contribution in [1.29, 1.82) is 0 Å². The van der Waals surface area contributed by atoms with E-state index in [2.05, 4.69) is 4.98 Å². The maximum Gasteiger partial charge on any atom is 0.250 e. The molecule has 1 N–H and O–H groups in total. The smallest absolute Gasteiger partial charge is 0.250 e. The predicted octanol–water partition coefficient (Wildman–Crippen LogP) is 4.99. The molecule has 2 aliphatic rings. The number of rotatable bonds is 4. The van der Waals surface area contributed by atoms with Gasteiger partial charge in [0.1, 0.15) is 11.6 Å². The minimum Gasteiger partial charge on any atom is -0.495 e. The van der Waals surface area contributed by atoms with Crippen molar-refractivity contribution >= 4 is 12.0 Å². The number of hydrogen-bond acceptors (Lipinski definition) is 4. The minimum atomic E-state index is -0.878. The highest BCUT2D eigenvalue weighted by Crippen LogP contribution is 2.44. The summed E-state index contributed by atoms with van der Waals surface area (Å²) in [4.78, 5) is 19.9. The van der Waals surface area contributed by atoms with Crippen LogP contribution in [0.25, 0.3) is 11.8 Å². The van der Waals surface area contributed by atoms with Gasteiger partial charge < -0.3 is 19.3 Å². The molecule has 0 saturated carbocycles. The third-order valence-electron chi connectivity index (χ3n) is 7.08. The van der Waals surface area contributed by atoms with Crippen molar-refractivity contribution in [2.24, 2.45) is 0 Å². The van der Waals surface area contributed by atoms with Crippen LogP contribution < -0.4 is 4.74 Å². The van der Waals surface area contributed by atoms with Gasteiger partial charge >= 0.3 is 0 Å². The van der Waals surface area contributed by atoms with Gasteiger partial charge in [-0.15, -0.1) is 0 Å². The highest BCUT2D eigenvalue weighted by atomic mass is 19.1. The van der Waals surface area contributed by atoms with Gasteiger partial charge in [-0.05, 0) is 74.6 Å². The molecule has 35 heavy (non-hydrogen) atoms.